The SMILES string of the molecule is O=C(Cl)c1cccc2cc(S(=O)(=O)Cl)ccc12. The van der Waals surface area contributed by atoms with Crippen molar-refractivity contribution < 1.29 is 13.2 Å². The highest BCUT2D eigenvalue weighted by molar-refractivity contribution is 8.13. The fourth-order valence-corrected chi connectivity index (χ4v) is 2.54. The number of fused-ring (bicyclic) bond motifs is 1. The Morgan fingerprint density at radius 3 is 2.41 bits per heavy atom. The second-order valence-corrected chi connectivity index (χ2v) is 6.31. The molecule has 0 aliphatic carbocycles. The Bertz CT molecular complexity index is 708. The third-order valence-corrected chi connectivity index (χ3v) is 3.90. The monoisotopic (exact) mass is 288 g/mol. The zero-order chi connectivity index (χ0) is 12.6. The Balaban J connectivity index is 2.78. The van der Waals surface area contributed by atoms with Gasteiger partial charge in [-0.3, -0.25) is 4.79 Å². The molecule has 0 bridgehead atoms. The van der Waals surface area contributed by atoms with Gasteiger partial charge in [0.25, 0.3) is 14.3 Å². The molecular formula is C11H6Cl2O3S. The summed E-state index contributed by atoms with van der Waals surface area (Å²) in [6.07, 6.45) is 0. The van der Waals surface area contributed by atoms with Gasteiger partial charge in [-0.2, -0.15) is 0 Å². The van der Waals surface area contributed by atoms with Crippen LogP contribution in [0.2, 0.25) is 0 Å². The average Bonchev–Trinajstić information content (AvgIpc) is 2.26. The summed E-state index contributed by atoms with van der Waals surface area (Å²) in [5.74, 6) is 0. The van der Waals surface area contributed by atoms with Crippen molar-refractivity contribution in [2.75, 3.05) is 0 Å². The fraction of sp³-hybridized carbons (Fsp3) is 0. The number of carbonyl (C=O) groups excluding carboxylic acids is 1. The molecule has 0 radical (unpaired) electrons. The highest BCUT2D eigenvalue weighted by Gasteiger charge is 2.12. The molecule has 3 nitrogen and oxygen atoms in total. The molecule has 0 amide bonds. The van der Waals surface area contributed by atoms with Crippen LogP contribution in [0.25, 0.3) is 10.8 Å². The van der Waals surface area contributed by atoms with Crippen molar-refractivity contribution >= 4 is 47.3 Å². The first-order valence-electron chi connectivity index (χ1n) is 4.57. The van der Waals surface area contributed by atoms with E-state index >= 15 is 0 Å². The minimum Gasteiger partial charge on any atom is -0.276 e. The van der Waals surface area contributed by atoms with Gasteiger partial charge in [-0.25, -0.2) is 8.42 Å². The van der Waals surface area contributed by atoms with E-state index in [4.69, 9.17) is 22.3 Å². The van der Waals surface area contributed by atoms with Gasteiger partial charge >= 0.3 is 0 Å². The Labute approximate surface area is 107 Å². The van der Waals surface area contributed by atoms with Crippen LogP contribution in [0.3, 0.4) is 0 Å². The molecule has 17 heavy (non-hydrogen) atoms. The lowest BCUT2D eigenvalue weighted by Crippen LogP contribution is -1.93. The topological polar surface area (TPSA) is 51.2 Å². The van der Waals surface area contributed by atoms with Gasteiger partial charge in [-0.05, 0) is 40.6 Å². The molecule has 0 atom stereocenters. The number of rotatable bonds is 2. The fourth-order valence-electron chi connectivity index (χ4n) is 1.58. The lowest BCUT2D eigenvalue weighted by Gasteiger charge is -2.03. The van der Waals surface area contributed by atoms with Crippen LogP contribution in [0.4, 0.5) is 0 Å². The van der Waals surface area contributed by atoms with E-state index in [0.717, 1.165) is 0 Å². The van der Waals surface area contributed by atoms with Gasteiger partial charge in [0.05, 0.1) is 4.90 Å². The maximum atomic E-state index is 11.2. The van der Waals surface area contributed by atoms with E-state index < -0.39 is 14.3 Å². The van der Waals surface area contributed by atoms with Crippen LogP contribution in [0.1, 0.15) is 10.4 Å². The normalized spacial score (nSPS) is 11.6. The maximum absolute atomic E-state index is 11.2. The Morgan fingerprint density at radius 2 is 1.82 bits per heavy atom. The van der Waals surface area contributed by atoms with Gasteiger partial charge in [0.15, 0.2) is 0 Å². The summed E-state index contributed by atoms with van der Waals surface area (Å²) in [7, 11) is 1.47. The van der Waals surface area contributed by atoms with Crippen molar-refractivity contribution in [3.05, 3.63) is 42.0 Å². The van der Waals surface area contributed by atoms with E-state index in [1.54, 1.807) is 18.2 Å². The predicted octanol–water partition coefficient (Wildman–Crippen LogP) is 3.15. The zero-order valence-electron chi connectivity index (χ0n) is 8.35. The van der Waals surface area contributed by atoms with Crippen LogP contribution in [-0.4, -0.2) is 13.7 Å². The van der Waals surface area contributed by atoms with Crippen molar-refractivity contribution in [2.45, 2.75) is 4.90 Å². The number of hydrogen-bond acceptors (Lipinski definition) is 3. The quantitative estimate of drug-likeness (QED) is 0.798. The first-order valence-corrected chi connectivity index (χ1v) is 7.25. The summed E-state index contributed by atoms with van der Waals surface area (Å²) in [4.78, 5) is 11.2. The smallest absolute Gasteiger partial charge is 0.261 e. The summed E-state index contributed by atoms with van der Waals surface area (Å²) in [6, 6.07) is 9.15. The highest BCUT2D eigenvalue weighted by atomic mass is 35.7. The molecule has 0 heterocycles. The van der Waals surface area contributed by atoms with Crippen LogP contribution in [-0.2, 0) is 9.05 Å². The molecule has 0 aromatic heterocycles. The van der Waals surface area contributed by atoms with Gasteiger partial charge in [0.1, 0.15) is 0 Å². The number of carbonyl (C=O) groups is 1. The molecule has 0 aliphatic rings. The van der Waals surface area contributed by atoms with Gasteiger partial charge in [0, 0.05) is 16.2 Å². The minimum absolute atomic E-state index is 0.00848. The number of hydrogen-bond donors (Lipinski definition) is 0. The second kappa shape index (κ2) is 4.29. The first-order chi connectivity index (χ1) is 7.89. The van der Waals surface area contributed by atoms with Crippen molar-refractivity contribution in [1.29, 1.82) is 0 Å². The van der Waals surface area contributed by atoms with E-state index in [1.807, 2.05) is 0 Å². The molecule has 2 aromatic rings. The summed E-state index contributed by atoms with van der Waals surface area (Å²) >= 11 is 5.43. The van der Waals surface area contributed by atoms with Gasteiger partial charge < -0.3 is 0 Å². The molecule has 2 aromatic carbocycles. The molecule has 88 valence electrons. The Morgan fingerprint density at radius 1 is 1.12 bits per heavy atom. The molecule has 0 N–H and O–H groups in total. The zero-order valence-corrected chi connectivity index (χ0v) is 10.7. The van der Waals surface area contributed by atoms with Crippen LogP contribution in [0.5, 0.6) is 0 Å². The van der Waals surface area contributed by atoms with Gasteiger partial charge in [-0.15, -0.1) is 0 Å². The van der Waals surface area contributed by atoms with Gasteiger partial charge in [-0.1, -0.05) is 18.2 Å². The largest absolute Gasteiger partial charge is 0.276 e. The van der Waals surface area contributed by atoms with E-state index in [0.29, 0.717) is 16.3 Å². The lowest BCUT2D eigenvalue weighted by atomic mass is 10.1. The van der Waals surface area contributed by atoms with Crippen molar-refractivity contribution in [3.63, 3.8) is 0 Å². The molecule has 2 rings (SSSR count). The first kappa shape index (κ1) is 12.4. The summed E-state index contributed by atoms with van der Waals surface area (Å²) < 4.78 is 22.3. The molecule has 0 spiro atoms. The average molecular weight is 289 g/mol. The molecule has 0 fully saturated rings. The third-order valence-electron chi connectivity index (χ3n) is 2.35. The Hall–Kier alpha value is -1.10. The molecular weight excluding hydrogens is 283 g/mol. The van der Waals surface area contributed by atoms with Crippen LogP contribution >= 0.6 is 22.3 Å². The maximum Gasteiger partial charge on any atom is 0.261 e. The van der Waals surface area contributed by atoms with E-state index in [1.165, 1.54) is 18.2 Å². The van der Waals surface area contributed by atoms with E-state index in [-0.39, 0.29) is 4.90 Å². The molecule has 0 aliphatic heterocycles. The second-order valence-electron chi connectivity index (χ2n) is 3.40. The number of halogens is 2. The van der Waals surface area contributed by atoms with Crippen LogP contribution in [0.15, 0.2) is 41.3 Å². The standard InChI is InChI=1S/C11H6Cl2O3S/c12-11(14)10-3-1-2-7-6-8(17(13,15)16)4-5-9(7)10/h1-6H. The number of benzene rings is 2. The minimum atomic E-state index is -3.77. The van der Waals surface area contributed by atoms with E-state index in [2.05, 4.69) is 0 Å². The molecule has 0 saturated carbocycles. The van der Waals surface area contributed by atoms with Crippen LogP contribution < -0.4 is 0 Å². The van der Waals surface area contributed by atoms with Crippen molar-refractivity contribution in [3.8, 4) is 0 Å². The molecule has 0 saturated heterocycles. The predicted molar refractivity (Wildman–Crippen MR) is 67.2 cm³/mol. The lowest BCUT2D eigenvalue weighted by molar-refractivity contribution is 0.108. The van der Waals surface area contributed by atoms with Gasteiger partial charge in [0.2, 0.25) is 0 Å². The third kappa shape index (κ3) is 2.44. The van der Waals surface area contributed by atoms with Crippen molar-refractivity contribution in [2.24, 2.45) is 0 Å². The van der Waals surface area contributed by atoms with Crippen molar-refractivity contribution in [1.82, 2.24) is 0 Å². The summed E-state index contributed by atoms with van der Waals surface area (Å²) in [5.41, 5.74) is 0.336. The summed E-state index contributed by atoms with van der Waals surface area (Å²) in [5, 5.41) is 0.604. The van der Waals surface area contributed by atoms with Crippen LogP contribution in [0, 0.1) is 0 Å². The summed E-state index contributed by atoms with van der Waals surface area (Å²) in [6.45, 7) is 0. The Kier molecular flexibility index (Phi) is 3.12. The molecule has 6 heteroatoms. The highest BCUT2D eigenvalue weighted by Crippen LogP contribution is 2.25. The molecule has 0 unspecified atom stereocenters. The van der Waals surface area contributed by atoms with E-state index in [9.17, 15) is 13.2 Å².